The molecule has 0 atom stereocenters. The van der Waals surface area contributed by atoms with Gasteiger partial charge in [0, 0.05) is 5.57 Å². The van der Waals surface area contributed by atoms with Gasteiger partial charge in [-0.2, -0.15) is 0 Å². The van der Waals surface area contributed by atoms with E-state index in [1.807, 2.05) is 6.92 Å². The first kappa shape index (κ1) is 11.0. The number of primary amides is 1. The van der Waals surface area contributed by atoms with E-state index in [1.165, 1.54) is 7.05 Å². The van der Waals surface area contributed by atoms with Crippen molar-refractivity contribution in [3.05, 3.63) is 12.2 Å². The van der Waals surface area contributed by atoms with Crippen molar-refractivity contribution in [1.29, 1.82) is 0 Å². The number of hydrogen-bond acceptors (Lipinski definition) is 2. The second-order valence-corrected chi connectivity index (χ2v) is 1.32. The lowest BCUT2D eigenvalue weighted by Gasteiger charge is -1.89. The Hall–Kier alpha value is -0.830. The lowest BCUT2D eigenvalue weighted by atomic mass is 10.2. The number of carbonyl (C=O) groups excluding carboxylic acids is 1. The van der Waals surface area contributed by atoms with Crippen molar-refractivity contribution < 1.29 is 4.79 Å². The molecule has 3 nitrogen and oxygen atoms in total. The van der Waals surface area contributed by atoms with Crippen molar-refractivity contribution in [3.8, 4) is 0 Å². The molecule has 0 aliphatic rings. The van der Waals surface area contributed by atoms with Crippen LogP contribution in [0.5, 0.6) is 0 Å². The van der Waals surface area contributed by atoms with Gasteiger partial charge < -0.3 is 11.5 Å². The van der Waals surface area contributed by atoms with Crippen LogP contribution in [0.2, 0.25) is 0 Å². The van der Waals surface area contributed by atoms with Crippen LogP contribution in [0.4, 0.5) is 0 Å². The van der Waals surface area contributed by atoms with Gasteiger partial charge >= 0.3 is 0 Å². The fourth-order valence-electron chi connectivity index (χ4n) is 0.174. The Labute approximate surface area is 55.7 Å². The van der Waals surface area contributed by atoms with Crippen molar-refractivity contribution in [3.63, 3.8) is 0 Å². The predicted molar refractivity (Wildman–Crippen MR) is 38.7 cm³/mol. The van der Waals surface area contributed by atoms with E-state index in [4.69, 9.17) is 5.73 Å². The molecular weight excluding hydrogens is 116 g/mol. The quantitative estimate of drug-likeness (QED) is 0.517. The van der Waals surface area contributed by atoms with Gasteiger partial charge in [0.15, 0.2) is 0 Å². The van der Waals surface area contributed by atoms with Gasteiger partial charge in [-0.3, -0.25) is 4.79 Å². The Morgan fingerprint density at radius 1 is 1.56 bits per heavy atom. The maximum atomic E-state index is 10.1. The Morgan fingerprint density at radius 3 is 1.89 bits per heavy atom. The average molecular weight is 130 g/mol. The van der Waals surface area contributed by atoms with Gasteiger partial charge in [0.2, 0.25) is 5.91 Å². The van der Waals surface area contributed by atoms with Gasteiger partial charge in [0.05, 0.1) is 0 Å². The molecule has 0 aliphatic carbocycles. The third-order valence-electron chi connectivity index (χ3n) is 0.775. The second-order valence-electron chi connectivity index (χ2n) is 1.32. The molecular formula is C6H14N2O. The molecule has 0 saturated carbocycles. The van der Waals surface area contributed by atoms with Crippen LogP contribution < -0.4 is 11.5 Å². The molecule has 0 aromatic heterocycles. The Balaban J connectivity index is 0. The first-order valence-electron chi connectivity index (χ1n) is 2.73. The second kappa shape index (κ2) is 7.17. The topological polar surface area (TPSA) is 69.1 Å². The first-order valence-corrected chi connectivity index (χ1v) is 2.73. The zero-order valence-electron chi connectivity index (χ0n) is 5.98. The van der Waals surface area contributed by atoms with Crippen LogP contribution in [0.1, 0.15) is 13.3 Å². The minimum Gasteiger partial charge on any atom is -0.366 e. The number of carbonyl (C=O) groups is 1. The number of nitrogens with two attached hydrogens (primary N) is 2. The van der Waals surface area contributed by atoms with E-state index in [2.05, 4.69) is 12.3 Å². The summed E-state index contributed by atoms with van der Waals surface area (Å²) in [6.07, 6.45) is 0.648. The molecule has 0 unspecified atom stereocenters. The van der Waals surface area contributed by atoms with Gasteiger partial charge in [0.1, 0.15) is 0 Å². The van der Waals surface area contributed by atoms with Gasteiger partial charge in [-0.25, -0.2) is 0 Å². The van der Waals surface area contributed by atoms with Crippen LogP contribution in [-0.4, -0.2) is 13.0 Å². The summed E-state index contributed by atoms with van der Waals surface area (Å²) < 4.78 is 0. The minimum absolute atomic E-state index is 0.400. The molecule has 0 aliphatic heterocycles. The van der Waals surface area contributed by atoms with Crippen molar-refractivity contribution in [1.82, 2.24) is 0 Å². The summed E-state index contributed by atoms with van der Waals surface area (Å²) in [7, 11) is 1.50. The fraction of sp³-hybridized carbons (Fsp3) is 0.500. The first-order chi connectivity index (χ1) is 4.18. The number of rotatable bonds is 2. The highest BCUT2D eigenvalue weighted by Crippen LogP contribution is 1.91. The van der Waals surface area contributed by atoms with Crippen LogP contribution in [0, 0.1) is 0 Å². The van der Waals surface area contributed by atoms with E-state index in [0.29, 0.717) is 12.0 Å². The molecule has 0 aromatic carbocycles. The third kappa shape index (κ3) is 7.17. The van der Waals surface area contributed by atoms with Crippen molar-refractivity contribution >= 4 is 5.91 Å². The summed E-state index contributed by atoms with van der Waals surface area (Å²) in [5, 5.41) is 0. The summed E-state index contributed by atoms with van der Waals surface area (Å²) in [5.41, 5.74) is 9.79. The van der Waals surface area contributed by atoms with Crippen molar-refractivity contribution in [2.75, 3.05) is 7.05 Å². The summed E-state index contributed by atoms with van der Waals surface area (Å²) in [6.45, 7) is 5.24. The molecule has 4 N–H and O–H groups in total. The van der Waals surface area contributed by atoms with E-state index in [1.54, 1.807) is 0 Å². The summed E-state index contributed by atoms with van der Waals surface area (Å²) in [6, 6.07) is 0. The van der Waals surface area contributed by atoms with Crippen LogP contribution >= 0.6 is 0 Å². The molecule has 0 fully saturated rings. The fourth-order valence-corrected chi connectivity index (χ4v) is 0.174. The molecule has 9 heavy (non-hydrogen) atoms. The Morgan fingerprint density at radius 2 is 1.89 bits per heavy atom. The standard InChI is InChI=1S/C5H9NO.CH5N/c1-3-4(2)5(6)7;1-2/h2-3H2,1H3,(H2,6,7);2H2,1H3. The van der Waals surface area contributed by atoms with Gasteiger partial charge in [-0.15, -0.1) is 0 Å². The third-order valence-corrected chi connectivity index (χ3v) is 0.775. The highest BCUT2D eigenvalue weighted by Gasteiger charge is 1.93. The van der Waals surface area contributed by atoms with Crippen molar-refractivity contribution in [2.45, 2.75) is 13.3 Å². The van der Waals surface area contributed by atoms with Gasteiger partial charge in [-0.05, 0) is 13.5 Å². The average Bonchev–Trinajstić information content (AvgIpc) is 1.91. The minimum atomic E-state index is -0.400. The molecule has 1 amide bonds. The number of amides is 1. The highest BCUT2D eigenvalue weighted by atomic mass is 16.1. The van der Waals surface area contributed by atoms with Crippen LogP contribution in [0.3, 0.4) is 0 Å². The monoisotopic (exact) mass is 130 g/mol. The van der Waals surface area contributed by atoms with E-state index in [0.717, 1.165) is 0 Å². The van der Waals surface area contributed by atoms with Gasteiger partial charge in [-0.1, -0.05) is 13.5 Å². The highest BCUT2D eigenvalue weighted by molar-refractivity contribution is 5.91. The van der Waals surface area contributed by atoms with E-state index < -0.39 is 5.91 Å². The molecule has 3 heteroatoms. The Bertz CT molecular complexity index is 99.2. The zero-order chi connectivity index (χ0) is 7.86. The summed E-state index contributed by atoms with van der Waals surface area (Å²) in [5.74, 6) is -0.400. The van der Waals surface area contributed by atoms with E-state index >= 15 is 0 Å². The molecule has 0 heterocycles. The Kier molecular flexibility index (Phi) is 8.79. The molecule has 0 saturated heterocycles. The van der Waals surface area contributed by atoms with Crippen molar-refractivity contribution in [2.24, 2.45) is 11.5 Å². The number of hydrogen-bond donors (Lipinski definition) is 2. The van der Waals surface area contributed by atoms with Crippen LogP contribution in [0.25, 0.3) is 0 Å². The SMILES string of the molecule is C=C(CC)C(N)=O.CN. The van der Waals surface area contributed by atoms with E-state index in [9.17, 15) is 4.79 Å². The maximum Gasteiger partial charge on any atom is 0.244 e. The molecule has 0 aromatic rings. The van der Waals surface area contributed by atoms with Gasteiger partial charge in [0.25, 0.3) is 0 Å². The lowest BCUT2D eigenvalue weighted by molar-refractivity contribution is -0.114. The van der Waals surface area contributed by atoms with Crippen LogP contribution in [-0.2, 0) is 4.79 Å². The smallest absolute Gasteiger partial charge is 0.244 e. The lowest BCUT2D eigenvalue weighted by Crippen LogP contribution is -2.11. The summed E-state index contributed by atoms with van der Waals surface area (Å²) >= 11 is 0. The molecule has 54 valence electrons. The predicted octanol–water partition coefficient (Wildman–Crippen LogP) is 0.0128. The summed E-state index contributed by atoms with van der Waals surface area (Å²) in [4.78, 5) is 10.1. The zero-order valence-corrected chi connectivity index (χ0v) is 5.98. The normalized spacial score (nSPS) is 7.00. The van der Waals surface area contributed by atoms with E-state index in [-0.39, 0.29) is 0 Å². The largest absolute Gasteiger partial charge is 0.366 e. The molecule has 0 radical (unpaired) electrons. The maximum absolute atomic E-state index is 10.1. The van der Waals surface area contributed by atoms with Crippen LogP contribution in [0.15, 0.2) is 12.2 Å². The molecule has 0 bridgehead atoms. The molecule has 0 spiro atoms. The molecule has 0 rings (SSSR count).